The summed E-state index contributed by atoms with van der Waals surface area (Å²) in [7, 11) is 0. The molecule has 524 valence electrons. The molecule has 2 aliphatic rings. The van der Waals surface area contributed by atoms with Crippen molar-refractivity contribution in [2.45, 2.75) is 281 Å². The Bertz CT molecular complexity index is 2610. The number of aryl methyl sites for hydroxylation is 4. The maximum Gasteiger partial charge on any atom is 0.412 e. The number of nitrogens with zero attached hydrogens (tertiary/aromatic N) is 4. The van der Waals surface area contributed by atoms with E-state index in [9.17, 15) is 19.2 Å². The van der Waals surface area contributed by atoms with Crippen molar-refractivity contribution >= 4 is 70.6 Å². The van der Waals surface area contributed by atoms with Gasteiger partial charge in [0.25, 0.3) is 0 Å². The predicted octanol–water partition coefficient (Wildman–Crippen LogP) is 23.0. The summed E-state index contributed by atoms with van der Waals surface area (Å²) in [6.45, 7) is 18.2. The van der Waals surface area contributed by atoms with Crippen molar-refractivity contribution < 1.29 is 38.5 Å². The fourth-order valence-electron chi connectivity index (χ4n) is 11.7. The van der Waals surface area contributed by atoms with Crippen LogP contribution in [0.25, 0.3) is 0 Å². The van der Waals surface area contributed by atoms with E-state index < -0.39 is 12.1 Å². The first-order chi connectivity index (χ1) is 44.3. The molecule has 0 atom stereocenters. The van der Waals surface area contributed by atoms with Crippen molar-refractivity contribution in [3.05, 3.63) is 107 Å². The SMILES string of the molecule is C.C.CCCCCCCCCCCCCCCCCC(=O)O.CCCCCCCCCCCCCCCCCC(=O)OCOC(=O)N1CCN(c2ccccc2Sc2ccc(C)cc2C)CC1.Cc1ccc(Sc2ccccc2N2CCN(C(=O)OCCl)CC2)c(C)c1. The molecule has 4 aromatic rings. The van der Waals surface area contributed by atoms with E-state index in [2.05, 4.69) is 136 Å². The standard InChI is InChI=1S/C38H58N2O4S.C20H23ClN2O2S.C18H36O2.2CH4/c1-4-5-6-7-8-9-10-11-12-13-14-15-16-17-18-23-37(41)43-31-44-38(42)40-28-26-39(27-29-40)34-21-19-20-22-36(34)45-35-25-24-32(2)30-33(35)3;1-15-7-8-18(16(2)13-15)26-19-6-4-3-5-17(19)22-9-11-23(12-10-22)20(24)25-14-21;1-2-3-4-5-6-7-8-9-10-11-12-13-14-15-16-17-18(19)20;;/h19-22,24-25,30H,4-18,23,26-29,31H2,1-3H3;3-8,13H,9-12,14H2,1-2H3;2-17H2,1H3,(H,19,20);2*1H4. The fraction of sp³-hybridized carbons (Fsp3) is 0.641. The molecule has 0 bridgehead atoms. The second-order valence-electron chi connectivity index (χ2n) is 25.0. The Labute approximate surface area is 579 Å². The Balaban J connectivity index is 0.000000519. The molecule has 12 nitrogen and oxygen atoms in total. The third kappa shape index (κ3) is 37.2. The topological polar surface area (TPSA) is 129 Å². The number of para-hydroxylation sites is 2. The monoisotopic (exact) mass is 1340 g/mol. The van der Waals surface area contributed by atoms with E-state index in [0.29, 0.717) is 39.0 Å². The van der Waals surface area contributed by atoms with Gasteiger partial charge in [0.1, 0.15) is 0 Å². The highest BCUT2D eigenvalue weighted by molar-refractivity contribution is 7.99. The minimum atomic E-state index is -0.653. The van der Waals surface area contributed by atoms with Crippen molar-refractivity contribution in [1.29, 1.82) is 0 Å². The number of rotatable bonds is 41. The molecular weight excluding hydrogens is 1220 g/mol. The number of carbonyl (C=O) groups excluding carboxylic acids is 3. The van der Waals surface area contributed by atoms with Crippen LogP contribution in [0, 0.1) is 27.7 Å². The van der Waals surface area contributed by atoms with Gasteiger partial charge in [0.2, 0.25) is 6.79 Å². The van der Waals surface area contributed by atoms with Gasteiger partial charge in [0.05, 0.1) is 11.4 Å². The Hall–Kier alpha value is -5.05. The molecule has 0 unspecified atom stereocenters. The number of carboxylic acid groups (broad SMARTS) is 1. The van der Waals surface area contributed by atoms with E-state index in [1.807, 2.05) is 0 Å². The molecule has 2 saturated heterocycles. The van der Waals surface area contributed by atoms with Crippen LogP contribution in [-0.4, -0.2) is 104 Å². The van der Waals surface area contributed by atoms with Gasteiger partial charge < -0.3 is 38.9 Å². The molecule has 4 aromatic carbocycles. The number of halogens is 1. The lowest BCUT2D eigenvalue weighted by molar-refractivity contribution is -0.152. The number of alkyl halides is 1. The second-order valence-corrected chi connectivity index (χ2v) is 27.4. The van der Waals surface area contributed by atoms with Crippen LogP contribution in [0.5, 0.6) is 0 Å². The number of amides is 2. The largest absolute Gasteiger partial charge is 0.481 e. The van der Waals surface area contributed by atoms with Gasteiger partial charge in [-0.1, -0.05) is 303 Å². The van der Waals surface area contributed by atoms with Crippen LogP contribution in [0.15, 0.2) is 105 Å². The molecule has 15 heteroatoms. The van der Waals surface area contributed by atoms with Crippen LogP contribution >= 0.6 is 35.1 Å². The fourth-order valence-corrected chi connectivity index (χ4v) is 13.8. The average molecular weight is 1350 g/mol. The summed E-state index contributed by atoms with van der Waals surface area (Å²) in [5, 5.41) is 8.52. The lowest BCUT2D eigenvalue weighted by Gasteiger charge is -2.36. The van der Waals surface area contributed by atoms with Gasteiger partial charge in [0, 0.05) is 84.8 Å². The second kappa shape index (κ2) is 53.1. The minimum absolute atomic E-state index is 0. The van der Waals surface area contributed by atoms with Crippen LogP contribution < -0.4 is 9.80 Å². The minimum Gasteiger partial charge on any atom is -0.481 e. The number of piperazine rings is 2. The number of carbonyl (C=O) groups is 4. The van der Waals surface area contributed by atoms with E-state index in [-0.39, 0.29) is 39.8 Å². The van der Waals surface area contributed by atoms with E-state index in [1.165, 1.54) is 220 Å². The number of anilines is 2. The zero-order valence-corrected chi connectivity index (χ0v) is 59.5. The number of hydrogen-bond donors (Lipinski definition) is 1. The van der Waals surface area contributed by atoms with Gasteiger partial charge >= 0.3 is 24.1 Å². The van der Waals surface area contributed by atoms with Crippen molar-refractivity contribution in [3.63, 3.8) is 0 Å². The number of esters is 1. The average Bonchev–Trinajstić information content (AvgIpc) is 0.997. The number of aliphatic carboxylic acids is 1. The molecule has 2 fully saturated rings. The summed E-state index contributed by atoms with van der Waals surface area (Å²) < 4.78 is 15.3. The smallest absolute Gasteiger partial charge is 0.412 e. The van der Waals surface area contributed by atoms with E-state index in [0.717, 1.165) is 51.9 Å². The van der Waals surface area contributed by atoms with Crippen molar-refractivity contribution in [2.75, 3.05) is 75.0 Å². The molecular formula is C78H125ClN4O8S2. The molecule has 6 rings (SSSR count). The van der Waals surface area contributed by atoms with Crippen LogP contribution in [0.1, 0.15) is 256 Å². The maximum atomic E-state index is 12.6. The molecule has 0 aliphatic carbocycles. The summed E-state index contributed by atoms with van der Waals surface area (Å²) in [5.74, 6) is -0.945. The molecule has 0 saturated carbocycles. The van der Waals surface area contributed by atoms with E-state index >= 15 is 0 Å². The number of hydrogen-bond acceptors (Lipinski definition) is 11. The molecule has 2 heterocycles. The van der Waals surface area contributed by atoms with Gasteiger partial charge in [-0.25, -0.2) is 9.59 Å². The van der Waals surface area contributed by atoms with Gasteiger partial charge in [-0.15, -0.1) is 0 Å². The lowest BCUT2D eigenvalue weighted by Crippen LogP contribution is -2.49. The Morgan fingerprint density at radius 3 is 1.06 bits per heavy atom. The van der Waals surface area contributed by atoms with Crippen LogP contribution in [0.4, 0.5) is 21.0 Å². The molecule has 0 radical (unpaired) electrons. The quantitative estimate of drug-likeness (QED) is 0.0197. The molecule has 2 aliphatic heterocycles. The normalized spacial score (nSPS) is 12.8. The van der Waals surface area contributed by atoms with Crippen molar-refractivity contribution in [1.82, 2.24) is 9.80 Å². The Morgan fingerprint density at radius 2 is 0.731 bits per heavy atom. The lowest BCUT2D eigenvalue weighted by atomic mass is 10.0. The third-order valence-corrected chi connectivity index (χ3v) is 19.7. The number of carboxylic acids is 1. The molecule has 93 heavy (non-hydrogen) atoms. The van der Waals surface area contributed by atoms with Crippen molar-refractivity contribution in [3.8, 4) is 0 Å². The van der Waals surface area contributed by atoms with Crippen LogP contribution in [0.2, 0.25) is 0 Å². The maximum absolute atomic E-state index is 12.6. The summed E-state index contributed by atoms with van der Waals surface area (Å²) >= 11 is 9.06. The zero-order valence-electron chi connectivity index (χ0n) is 57.1. The third-order valence-electron chi connectivity index (χ3n) is 17.1. The van der Waals surface area contributed by atoms with Gasteiger partial charge in [-0.3, -0.25) is 9.59 Å². The number of benzene rings is 4. The summed E-state index contributed by atoms with van der Waals surface area (Å²) in [6.07, 6.45) is 39.2. The van der Waals surface area contributed by atoms with Gasteiger partial charge in [0.15, 0.2) is 6.07 Å². The first-order valence-electron chi connectivity index (χ1n) is 35.3. The first kappa shape index (κ1) is 84.0. The zero-order chi connectivity index (χ0) is 65.5. The van der Waals surface area contributed by atoms with Crippen LogP contribution in [0.3, 0.4) is 0 Å². The highest BCUT2D eigenvalue weighted by Gasteiger charge is 2.26. The number of ether oxygens (including phenoxy) is 3. The number of unbranched alkanes of at least 4 members (excludes halogenated alkanes) is 28. The van der Waals surface area contributed by atoms with Gasteiger partial charge in [-0.2, -0.15) is 0 Å². The van der Waals surface area contributed by atoms with E-state index in [4.69, 9.17) is 30.9 Å². The highest BCUT2D eigenvalue weighted by atomic mass is 35.5. The molecule has 0 aromatic heterocycles. The summed E-state index contributed by atoms with van der Waals surface area (Å²) in [6, 6.07) is 29.9. The first-order valence-corrected chi connectivity index (χ1v) is 37.4. The summed E-state index contributed by atoms with van der Waals surface area (Å²) in [5.41, 5.74) is 7.51. The Morgan fingerprint density at radius 1 is 0.409 bits per heavy atom. The van der Waals surface area contributed by atoms with Crippen molar-refractivity contribution in [2.24, 2.45) is 0 Å². The van der Waals surface area contributed by atoms with Gasteiger partial charge in [-0.05, 0) is 88.1 Å². The summed E-state index contributed by atoms with van der Waals surface area (Å²) in [4.78, 5) is 59.9. The molecule has 2 amide bonds. The molecule has 0 spiro atoms. The Kier molecular flexibility index (Phi) is 48.0. The van der Waals surface area contributed by atoms with E-state index in [1.54, 1.807) is 33.3 Å². The predicted molar refractivity (Wildman–Crippen MR) is 395 cm³/mol. The highest BCUT2D eigenvalue weighted by Crippen LogP contribution is 2.39. The van der Waals surface area contributed by atoms with Crippen LogP contribution in [-0.2, 0) is 23.8 Å². The molecule has 1 N–H and O–H groups in total.